The number of fused-ring (bicyclic) bond motifs is 1. The molecule has 3 aromatic rings. The van der Waals surface area contributed by atoms with Gasteiger partial charge < -0.3 is 14.6 Å². The highest BCUT2D eigenvalue weighted by molar-refractivity contribution is 5.98. The Balaban J connectivity index is 1.73. The molecule has 3 rings (SSSR count). The van der Waals surface area contributed by atoms with Crippen molar-refractivity contribution in [3.05, 3.63) is 65.9 Å². The minimum Gasteiger partial charge on any atom is -0.446 e. The normalized spacial score (nSPS) is 11.3. The summed E-state index contributed by atoms with van der Waals surface area (Å²) >= 11 is 0. The topological polar surface area (TPSA) is 75.4 Å². The molecule has 0 saturated heterocycles. The number of amides is 2. The van der Waals surface area contributed by atoms with Gasteiger partial charge in [0.15, 0.2) is 5.69 Å². The molecule has 0 radical (unpaired) electrons. The Hall–Kier alpha value is -3.15. The molecule has 0 saturated carbocycles. The summed E-state index contributed by atoms with van der Waals surface area (Å²) in [6.07, 6.45) is 3.13. The van der Waals surface area contributed by atoms with Crippen LogP contribution < -0.4 is 5.32 Å². The summed E-state index contributed by atoms with van der Waals surface area (Å²) in [7, 11) is 0. The van der Waals surface area contributed by atoms with Crippen LogP contribution in [0, 0.1) is 11.8 Å². The number of aromatic nitrogens is 1. The first-order chi connectivity index (χ1) is 15.3. The average Bonchev–Trinajstić information content (AvgIpc) is 3.24. The first-order valence-corrected chi connectivity index (χ1v) is 11.3. The van der Waals surface area contributed by atoms with E-state index in [0.29, 0.717) is 36.4 Å². The molecular formula is C26H33N3O3. The third kappa shape index (κ3) is 6.42. The largest absolute Gasteiger partial charge is 0.446 e. The first-order valence-electron chi connectivity index (χ1n) is 11.3. The minimum absolute atomic E-state index is 0.0717. The van der Waals surface area contributed by atoms with Gasteiger partial charge in [0.2, 0.25) is 5.89 Å². The van der Waals surface area contributed by atoms with Gasteiger partial charge in [0, 0.05) is 18.7 Å². The molecule has 1 N–H and O–H groups in total. The van der Waals surface area contributed by atoms with Crippen molar-refractivity contribution in [1.29, 1.82) is 0 Å². The van der Waals surface area contributed by atoms with Crippen molar-refractivity contribution in [3.63, 3.8) is 0 Å². The van der Waals surface area contributed by atoms with Crippen molar-refractivity contribution >= 4 is 22.6 Å². The molecule has 6 nitrogen and oxygen atoms in total. The van der Waals surface area contributed by atoms with Gasteiger partial charge in [-0.25, -0.2) is 4.98 Å². The van der Waals surface area contributed by atoms with Crippen LogP contribution in [0.3, 0.4) is 0 Å². The summed E-state index contributed by atoms with van der Waals surface area (Å²) in [5.74, 6) is 0.997. The number of rotatable bonds is 10. The quantitative estimate of drug-likeness (QED) is 0.469. The van der Waals surface area contributed by atoms with Crippen LogP contribution >= 0.6 is 0 Å². The summed E-state index contributed by atoms with van der Waals surface area (Å²) in [5.41, 5.74) is 0.872. The summed E-state index contributed by atoms with van der Waals surface area (Å²) in [5, 5.41) is 4.98. The molecule has 1 aromatic heterocycles. The number of hydrogen-bond acceptors (Lipinski definition) is 4. The molecule has 0 atom stereocenters. The Morgan fingerprint density at radius 3 is 2.44 bits per heavy atom. The van der Waals surface area contributed by atoms with E-state index >= 15 is 0 Å². The third-order valence-electron chi connectivity index (χ3n) is 5.38. The van der Waals surface area contributed by atoms with Crippen molar-refractivity contribution in [2.45, 2.75) is 47.1 Å². The van der Waals surface area contributed by atoms with Crippen molar-refractivity contribution in [3.8, 4) is 0 Å². The van der Waals surface area contributed by atoms with E-state index < -0.39 is 0 Å². The Labute approximate surface area is 190 Å². The van der Waals surface area contributed by atoms with E-state index in [2.05, 4.69) is 38.0 Å². The molecular weight excluding hydrogens is 402 g/mol. The van der Waals surface area contributed by atoms with Crippen LogP contribution in [0.2, 0.25) is 0 Å². The standard InChI is InChI=1S/C26H33N3O3/c1-18(2)11-13-27-25(30)23-17-32-24(28-23)16-29(14-12-19(3)4)26(31)22-10-9-20-7-5-6-8-21(20)15-22/h5-10,15,17-19H,11-14,16H2,1-4H3,(H,27,30). The molecule has 0 fully saturated rings. The van der Waals surface area contributed by atoms with Gasteiger partial charge in [0.1, 0.15) is 6.26 Å². The Bertz CT molecular complexity index is 1060. The monoisotopic (exact) mass is 435 g/mol. The summed E-state index contributed by atoms with van der Waals surface area (Å²) in [6.45, 7) is 9.88. The number of hydrogen-bond donors (Lipinski definition) is 1. The smallest absolute Gasteiger partial charge is 0.273 e. The van der Waals surface area contributed by atoms with Crippen LogP contribution in [-0.4, -0.2) is 34.8 Å². The fraction of sp³-hybridized carbons (Fsp3) is 0.423. The first kappa shape index (κ1) is 23.5. The van der Waals surface area contributed by atoms with Gasteiger partial charge in [-0.2, -0.15) is 0 Å². The Morgan fingerprint density at radius 1 is 1.00 bits per heavy atom. The number of nitrogens with one attached hydrogen (secondary N) is 1. The van der Waals surface area contributed by atoms with E-state index in [0.717, 1.165) is 23.6 Å². The zero-order chi connectivity index (χ0) is 23.1. The molecule has 0 aliphatic carbocycles. The second-order valence-electron chi connectivity index (χ2n) is 9.04. The van der Waals surface area contributed by atoms with Crippen LogP contribution in [0.4, 0.5) is 0 Å². The lowest BCUT2D eigenvalue weighted by molar-refractivity contribution is 0.0720. The molecule has 6 heteroatoms. The van der Waals surface area contributed by atoms with E-state index in [-0.39, 0.29) is 24.1 Å². The lowest BCUT2D eigenvalue weighted by Gasteiger charge is -2.22. The maximum absolute atomic E-state index is 13.3. The lowest BCUT2D eigenvalue weighted by atomic mass is 10.1. The van der Waals surface area contributed by atoms with E-state index in [9.17, 15) is 9.59 Å². The van der Waals surface area contributed by atoms with Gasteiger partial charge in [-0.3, -0.25) is 9.59 Å². The zero-order valence-corrected chi connectivity index (χ0v) is 19.4. The van der Waals surface area contributed by atoms with Gasteiger partial charge >= 0.3 is 0 Å². The third-order valence-corrected chi connectivity index (χ3v) is 5.38. The highest BCUT2D eigenvalue weighted by Crippen LogP contribution is 2.19. The highest BCUT2D eigenvalue weighted by Gasteiger charge is 2.20. The van der Waals surface area contributed by atoms with E-state index in [1.807, 2.05) is 42.5 Å². The van der Waals surface area contributed by atoms with Crippen LogP contribution in [-0.2, 0) is 6.54 Å². The molecule has 0 aliphatic rings. The number of carbonyl (C=O) groups is 2. The molecule has 0 unspecified atom stereocenters. The van der Waals surface area contributed by atoms with Crippen molar-refractivity contribution < 1.29 is 14.0 Å². The number of oxazole rings is 1. The Morgan fingerprint density at radius 2 is 1.72 bits per heavy atom. The molecule has 2 amide bonds. The van der Waals surface area contributed by atoms with Crippen LogP contribution in [0.1, 0.15) is 67.3 Å². The maximum Gasteiger partial charge on any atom is 0.273 e. The summed E-state index contributed by atoms with van der Waals surface area (Å²) in [4.78, 5) is 31.7. The molecule has 2 aromatic carbocycles. The molecule has 0 spiro atoms. The fourth-order valence-electron chi connectivity index (χ4n) is 3.39. The highest BCUT2D eigenvalue weighted by atomic mass is 16.3. The zero-order valence-electron chi connectivity index (χ0n) is 19.4. The van der Waals surface area contributed by atoms with Gasteiger partial charge in [0.05, 0.1) is 6.54 Å². The average molecular weight is 436 g/mol. The second kappa shape index (κ2) is 10.9. The predicted octanol–water partition coefficient (Wildman–Crippen LogP) is 5.29. The van der Waals surface area contributed by atoms with Gasteiger partial charge in [-0.15, -0.1) is 0 Å². The van der Waals surface area contributed by atoms with Crippen LogP contribution in [0.15, 0.2) is 53.1 Å². The van der Waals surface area contributed by atoms with Gasteiger partial charge in [-0.1, -0.05) is 58.0 Å². The van der Waals surface area contributed by atoms with Crippen molar-refractivity contribution in [2.24, 2.45) is 11.8 Å². The van der Waals surface area contributed by atoms with Crippen molar-refractivity contribution in [1.82, 2.24) is 15.2 Å². The lowest BCUT2D eigenvalue weighted by Crippen LogP contribution is -2.32. The van der Waals surface area contributed by atoms with Gasteiger partial charge in [-0.05, 0) is 47.6 Å². The maximum atomic E-state index is 13.3. The second-order valence-corrected chi connectivity index (χ2v) is 9.04. The van der Waals surface area contributed by atoms with E-state index in [1.54, 1.807) is 4.90 Å². The summed E-state index contributed by atoms with van der Waals surface area (Å²) < 4.78 is 5.54. The van der Waals surface area contributed by atoms with E-state index in [1.165, 1.54) is 6.26 Å². The number of nitrogens with zero attached hydrogens (tertiary/aromatic N) is 2. The SMILES string of the molecule is CC(C)CCNC(=O)c1coc(CN(CCC(C)C)C(=O)c2ccc3ccccc3c2)n1. The molecule has 1 heterocycles. The predicted molar refractivity (Wildman–Crippen MR) is 126 cm³/mol. The van der Waals surface area contributed by atoms with E-state index in [4.69, 9.17) is 4.42 Å². The molecule has 170 valence electrons. The van der Waals surface area contributed by atoms with Gasteiger partial charge in [0.25, 0.3) is 11.8 Å². The molecule has 32 heavy (non-hydrogen) atoms. The number of benzene rings is 2. The summed E-state index contributed by atoms with van der Waals surface area (Å²) in [6, 6.07) is 13.7. The molecule has 0 aliphatic heterocycles. The minimum atomic E-state index is -0.254. The fourth-order valence-corrected chi connectivity index (χ4v) is 3.39. The number of carbonyl (C=O) groups excluding carboxylic acids is 2. The van der Waals surface area contributed by atoms with Crippen LogP contribution in [0.25, 0.3) is 10.8 Å². The van der Waals surface area contributed by atoms with Crippen molar-refractivity contribution in [2.75, 3.05) is 13.1 Å². The Kier molecular flexibility index (Phi) is 8.03. The van der Waals surface area contributed by atoms with Crippen LogP contribution in [0.5, 0.6) is 0 Å². The molecule has 0 bridgehead atoms.